The van der Waals surface area contributed by atoms with Gasteiger partial charge in [0.1, 0.15) is 22.9 Å². The molecule has 2 aromatic rings. The minimum Gasteiger partial charge on any atom is -0.480 e. The second-order valence-electron chi connectivity index (χ2n) is 6.00. The monoisotopic (exact) mass is 361 g/mol. The molecule has 1 aliphatic heterocycles. The van der Waals surface area contributed by atoms with Gasteiger partial charge in [0.25, 0.3) is 0 Å². The van der Waals surface area contributed by atoms with E-state index < -0.39 is 12.0 Å². The molecule has 2 atom stereocenters. The highest BCUT2D eigenvalue weighted by molar-refractivity contribution is 7.99. The van der Waals surface area contributed by atoms with Crippen LogP contribution in [0, 0.1) is 0 Å². The standard InChI is InChI=1S/C18H19NO5S/c1-10(2)23-18(22)12-5-3-11(4-6-12)14-7-8-15(24-14)16-19-13(9-25-16)17(20)21/h3-8,10,13,16,19H,9H2,1-2H3,(H,20,21). The number of hydrogen-bond donors (Lipinski definition) is 2. The smallest absolute Gasteiger partial charge is 0.338 e. The van der Waals surface area contributed by atoms with E-state index >= 15 is 0 Å². The van der Waals surface area contributed by atoms with Crippen molar-refractivity contribution in [1.29, 1.82) is 0 Å². The Hall–Kier alpha value is -2.25. The molecule has 2 heterocycles. The topological polar surface area (TPSA) is 88.8 Å². The molecular weight excluding hydrogens is 342 g/mol. The summed E-state index contributed by atoms with van der Waals surface area (Å²) in [6.07, 6.45) is -0.161. The number of carbonyl (C=O) groups excluding carboxylic acids is 1. The number of aliphatic carboxylic acids is 1. The van der Waals surface area contributed by atoms with Crippen molar-refractivity contribution in [3.8, 4) is 11.3 Å². The molecule has 0 aliphatic carbocycles. The van der Waals surface area contributed by atoms with Crippen molar-refractivity contribution < 1.29 is 23.8 Å². The summed E-state index contributed by atoms with van der Waals surface area (Å²) < 4.78 is 11.0. The number of carboxylic acids is 1. The Balaban J connectivity index is 1.70. The fourth-order valence-electron chi connectivity index (χ4n) is 2.48. The highest BCUT2D eigenvalue weighted by atomic mass is 32.2. The van der Waals surface area contributed by atoms with Gasteiger partial charge in [-0.05, 0) is 38.1 Å². The first-order valence-electron chi connectivity index (χ1n) is 7.95. The summed E-state index contributed by atoms with van der Waals surface area (Å²) in [5.41, 5.74) is 1.33. The van der Waals surface area contributed by atoms with Gasteiger partial charge in [0.05, 0.1) is 11.7 Å². The van der Waals surface area contributed by atoms with Gasteiger partial charge in [-0.3, -0.25) is 10.1 Å². The molecule has 2 unspecified atom stereocenters. The molecule has 0 bridgehead atoms. The molecule has 0 spiro atoms. The Bertz CT molecular complexity index is 768. The maximum absolute atomic E-state index is 11.9. The van der Waals surface area contributed by atoms with Gasteiger partial charge < -0.3 is 14.3 Å². The zero-order valence-electron chi connectivity index (χ0n) is 13.9. The van der Waals surface area contributed by atoms with Crippen LogP contribution in [0.4, 0.5) is 0 Å². The van der Waals surface area contributed by atoms with Crippen LogP contribution in [0.15, 0.2) is 40.8 Å². The van der Waals surface area contributed by atoms with Crippen LogP contribution in [-0.2, 0) is 9.53 Å². The SMILES string of the molecule is CC(C)OC(=O)c1ccc(-c2ccc(C3NC(C(=O)O)CS3)o2)cc1. The van der Waals surface area contributed by atoms with Crippen LogP contribution in [0.2, 0.25) is 0 Å². The first kappa shape index (κ1) is 17.6. The summed E-state index contributed by atoms with van der Waals surface area (Å²) >= 11 is 1.51. The van der Waals surface area contributed by atoms with Crippen LogP contribution in [0.25, 0.3) is 11.3 Å². The summed E-state index contributed by atoms with van der Waals surface area (Å²) in [7, 11) is 0. The quantitative estimate of drug-likeness (QED) is 0.790. The lowest BCUT2D eigenvalue weighted by molar-refractivity contribution is -0.138. The molecule has 6 nitrogen and oxygen atoms in total. The van der Waals surface area contributed by atoms with Crippen molar-refractivity contribution in [2.45, 2.75) is 31.4 Å². The van der Waals surface area contributed by atoms with Crippen molar-refractivity contribution >= 4 is 23.7 Å². The van der Waals surface area contributed by atoms with Crippen LogP contribution >= 0.6 is 11.8 Å². The largest absolute Gasteiger partial charge is 0.480 e. The van der Waals surface area contributed by atoms with Gasteiger partial charge in [0.2, 0.25) is 0 Å². The Labute approximate surface area is 149 Å². The number of furan rings is 1. The Morgan fingerprint density at radius 1 is 1.24 bits per heavy atom. The maximum Gasteiger partial charge on any atom is 0.338 e. The molecule has 7 heteroatoms. The molecule has 0 amide bonds. The summed E-state index contributed by atoms with van der Waals surface area (Å²) in [5.74, 6) is 0.647. The van der Waals surface area contributed by atoms with Crippen molar-refractivity contribution in [2.24, 2.45) is 0 Å². The fraction of sp³-hybridized carbons (Fsp3) is 0.333. The molecule has 1 fully saturated rings. The minimum absolute atomic E-state index is 0.161. The summed E-state index contributed by atoms with van der Waals surface area (Å²) in [4.78, 5) is 22.9. The van der Waals surface area contributed by atoms with Crippen LogP contribution in [0.5, 0.6) is 0 Å². The lowest BCUT2D eigenvalue weighted by atomic mass is 10.1. The number of ether oxygens (including phenoxy) is 1. The van der Waals surface area contributed by atoms with Crippen molar-refractivity contribution in [1.82, 2.24) is 5.32 Å². The number of carboxylic acid groups (broad SMARTS) is 1. The molecule has 25 heavy (non-hydrogen) atoms. The van der Waals surface area contributed by atoms with E-state index in [0.717, 1.165) is 5.56 Å². The van der Waals surface area contributed by atoms with Gasteiger partial charge in [-0.1, -0.05) is 12.1 Å². The Kier molecular flexibility index (Phi) is 5.15. The van der Waals surface area contributed by atoms with E-state index in [-0.39, 0.29) is 17.4 Å². The number of hydrogen-bond acceptors (Lipinski definition) is 6. The van der Waals surface area contributed by atoms with Crippen LogP contribution in [0.1, 0.15) is 35.3 Å². The average Bonchev–Trinajstić information content (AvgIpc) is 3.23. The van der Waals surface area contributed by atoms with Crippen molar-refractivity contribution in [3.63, 3.8) is 0 Å². The second-order valence-corrected chi connectivity index (χ2v) is 7.14. The summed E-state index contributed by atoms with van der Waals surface area (Å²) in [6.45, 7) is 3.61. The number of carbonyl (C=O) groups is 2. The summed E-state index contributed by atoms with van der Waals surface area (Å²) in [6, 6.07) is 10.1. The van der Waals surface area contributed by atoms with Gasteiger partial charge >= 0.3 is 11.9 Å². The highest BCUT2D eigenvalue weighted by Gasteiger charge is 2.32. The summed E-state index contributed by atoms with van der Waals surface area (Å²) in [5, 5.41) is 11.9. The fourth-order valence-corrected chi connectivity index (χ4v) is 3.65. The minimum atomic E-state index is -0.856. The third kappa shape index (κ3) is 4.05. The van der Waals surface area contributed by atoms with E-state index in [1.54, 1.807) is 38.1 Å². The van der Waals surface area contributed by atoms with E-state index in [4.69, 9.17) is 14.3 Å². The van der Waals surface area contributed by atoms with E-state index in [1.165, 1.54) is 11.8 Å². The molecule has 1 aliphatic rings. The molecule has 0 saturated carbocycles. The third-order valence-corrected chi connectivity index (χ3v) is 4.94. The lowest BCUT2D eigenvalue weighted by Gasteiger charge is -2.08. The maximum atomic E-state index is 11.9. The number of rotatable bonds is 5. The van der Waals surface area contributed by atoms with Gasteiger partial charge in [0, 0.05) is 11.3 Å². The van der Waals surface area contributed by atoms with Gasteiger partial charge in [-0.15, -0.1) is 11.8 Å². The molecule has 132 valence electrons. The molecular formula is C18H19NO5S. The molecule has 1 aromatic carbocycles. The highest BCUT2D eigenvalue weighted by Crippen LogP contribution is 2.35. The molecule has 1 aromatic heterocycles. The van der Waals surface area contributed by atoms with E-state index in [0.29, 0.717) is 22.8 Å². The number of esters is 1. The Morgan fingerprint density at radius 3 is 2.56 bits per heavy atom. The first-order valence-corrected chi connectivity index (χ1v) is 9.00. The van der Waals surface area contributed by atoms with Crippen LogP contribution in [-0.4, -0.2) is 34.9 Å². The normalized spacial score (nSPS) is 20.0. The third-order valence-electron chi connectivity index (χ3n) is 3.71. The van der Waals surface area contributed by atoms with Crippen molar-refractivity contribution in [3.05, 3.63) is 47.7 Å². The number of thioether (sulfide) groups is 1. The second kappa shape index (κ2) is 7.33. The first-order chi connectivity index (χ1) is 11.9. The number of benzene rings is 1. The van der Waals surface area contributed by atoms with Crippen molar-refractivity contribution in [2.75, 3.05) is 5.75 Å². The Morgan fingerprint density at radius 2 is 1.96 bits per heavy atom. The number of nitrogens with one attached hydrogen (secondary N) is 1. The molecule has 3 rings (SSSR count). The molecule has 2 N–H and O–H groups in total. The van der Waals surface area contributed by atoms with Gasteiger partial charge in [-0.2, -0.15) is 0 Å². The zero-order valence-corrected chi connectivity index (χ0v) is 14.7. The van der Waals surface area contributed by atoms with E-state index in [1.807, 2.05) is 12.1 Å². The predicted molar refractivity (Wildman–Crippen MR) is 94.5 cm³/mol. The average molecular weight is 361 g/mol. The molecule has 1 saturated heterocycles. The van der Waals surface area contributed by atoms with Crippen LogP contribution < -0.4 is 5.32 Å². The van der Waals surface area contributed by atoms with Crippen LogP contribution in [0.3, 0.4) is 0 Å². The molecule has 0 radical (unpaired) electrons. The van der Waals surface area contributed by atoms with Gasteiger partial charge in [-0.25, -0.2) is 4.79 Å². The lowest BCUT2D eigenvalue weighted by Crippen LogP contribution is -2.33. The van der Waals surface area contributed by atoms with Gasteiger partial charge in [0.15, 0.2) is 0 Å². The van der Waals surface area contributed by atoms with E-state index in [2.05, 4.69) is 5.32 Å². The predicted octanol–water partition coefficient (Wildman–Crippen LogP) is 3.30. The zero-order chi connectivity index (χ0) is 18.0. The van der Waals surface area contributed by atoms with E-state index in [9.17, 15) is 9.59 Å².